The zero-order valence-corrected chi connectivity index (χ0v) is 90.5. The smallest absolute Gasteiger partial charge is 0.297 e. The average molecular weight is 1890 g/mol. The van der Waals surface area contributed by atoms with Gasteiger partial charge in [-0.2, -0.15) is 0 Å². The van der Waals surface area contributed by atoms with Crippen molar-refractivity contribution in [1.29, 1.82) is 0 Å². The minimum absolute atomic E-state index is 0.0227. The number of rotatable bonds is 7. The van der Waals surface area contributed by atoms with Crippen LogP contribution in [0.25, 0.3) is 76.6 Å². The Morgan fingerprint density at radius 1 is 0.264 bits per heavy atom. The number of para-hydroxylation sites is 2. The molecule has 10 heteroatoms. The van der Waals surface area contributed by atoms with Crippen molar-refractivity contribution in [3.8, 4) is 0 Å². The first kappa shape index (κ1) is 90.9. The standard InChI is InChI=1S/C134H142B2N4O4/c1-75-59-105-114-107(61-75)139(101-44-43-88(122(3,4)5)119-113(101)82-35-30-31-38-109(82)141-119)103-71-94-92(127(14,15)48-50-129(94,18)19)69-99(103)135(114)120-116(84-67-90-96(73-111(84)143-120)131(22,23)52-47-126(90,12)13)138(105)80-40-42-87-97(66-80)133(26,55-53-124(87,8)9)57-58-134(27)56-54-132(24,25)91-68-85-112(74-98(91)134)144-121-117(85)137(79-39-41-86-89(65-79)125(10,11)46-45-123(86,6)7)106-60-76(2)62-108-115(106)136(121)100-70-93-95(130(20,21)51-49-128(93,16)17)72-104(100)140(108)102-37-32-36-81-83-63-77-33-28-29-34-78(77)64-110(83)142-118(81)102/h28-44,59-74H,45-58H2,1-27H3. The average Bonchev–Trinajstić information content (AvgIpc) is 1.46. The Balaban J connectivity index is 0.644. The summed E-state index contributed by atoms with van der Waals surface area (Å²) in [5, 5.41) is 9.32. The summed E-state index contributed by atoms with van der Waals surface area (Å²) in [5.41, 5.74) is 46.7. The van der Waals surface area contributed by atoms with Crippen molar-refractivity contribution in [1.82, 2.24) is 0 Å². The van der Waals surface area contributed by atoms with Gasteiger partial charge in [-0.05, 0) is 400 Å². The molecule has 4 aromatic heterocycles. The predicted molar refractivity (Wildman–Crippen MR) is 610 cm³/mol. The molecular formula is C134H142B2N4O4. The van der Waals surface area contributed by atoms with Crippen molar-refractivity contribution in [2.45, 2.75) is 347 Å². The summed E-state index contributed by atoms with van der Waals surface area (Å²) in [6, 6.07) is 80.5. The molecule has 0 bridgehead atoms. The van der Waals surface area contributed by atoms with Crippen molar-refractivity contribution in [2.24, 2.45) is 0 Å². The first-order valence-electron chi connectivity index (χ1n) is 54.6. The van der Waals surface area contributed by atoms with Gasteiger partial charge in [0.15, 0.2) is 5.58 Å². The van der Waals surface area contributed by atoms with Crippen LogP contribution >= 0.6 is 0 Å². The highest BCUT2D eigenvalue weighted by atomic mass is 16.3. The molecule has 0 N–H and O–H groups in total. The Bertz CT molecular complexity index is 8580. The molecule has 17 aromatic rings. The van der Waals surface area contributed by atoms with Crippen LogP contribution in [-0.4, -0.2) is 13.4 Å². The summed E-state index contributed by atoms with van der Waals surface area (Å²) in [5.74, 6) is 0. The van der Waals surface area contributed by atoms with Crippen LogP contribution in [0, 0.1) is 13.8 Å². The maximum absolute atomic E-state index is 8.35. The summed E-state index contributed by atoms with van der Waals surface area (Å²) in [7, 11) is 0. The monoisotopic (exact) mass is 1890 g/mol. The van der Waals surface area contributed by atoms with E-state index in [1.54, 1.807) is 0 Å². The van der Waals surface area contributed by atoms with Gasteiger partial charge in [-0.25, -0.2) is 0 Å². The van der Waals surface area contributed by atoms with E-state index in [0.29, 0.717) is 0 Å². The van der Waals surface area contributed by atoms with Gasteiger partial charge in [0.2, 0.25) is 0 Å². The number of hydrogen-bond acceptors (Lipinski definition) is 8. The number of furan rings is 4. The molecule has 13 aromatic carbocycles. The van der Waals surface area contributed by atoms with E-state index in [1.165, 1.54) is 184 Å². The quantitative estimate of drug-likeness (QED) is 0.146. The van der Waals surface area contributed by atoms with E-state index in [9.17, 15) is 0 Å². The largest absolute Gasteiger partial charge is 0.468 e. The molecule has 10 aliphatic rings. The fraction of sp³-hybridized carbons (Fsp3) is 0.403. The third-order valence-corrected chi connectivity index (χ3v) is 39.8. The van der Waals surface area contributed by atoms with Gasteiger partial charge >= 0.3 is 0 Å². The molecule has 0 fully saturated rings. The maximum Gasteiger partial charge on any atom is 0.297 e. The lowest BCUT2D eigenvalue weighted by Crippen LogP contribution is -2.61. The number of hydrogen-bond donors (Lipinski definition) is 0. The van der Waals surface area contributed by atoms with Crippen molar-refractivity contribution >= 4 is 191 Å². The van der Waals surface area contributed by atoms with Gasteiger partial charge in [0.25, 0.3) is 13.4 Å². The second-order valence-corrected chi connectivity index (χ2v) is 55.0. The van der Waals surface area contributed by atoms with Crippen LogP contribution in [0.4, 0.5) is 68.2 Å². The number of nitrogens with zero attached hydrogens (tertiary/aromatic N) is 4. The molecule has 8 nitrogen and oxygen atoms in total. The van der Waals surface area contributed by atoms with Gasteiger partial charge in [-0.1, -0.05) is 258 Å². The number of anilines is 12. The minimum atomic E-state index is -0.258. The SMILES string of the molecule is Cc1cc2c3c(c1)N(c1cccc4c1oc1cc5ccccc5cc14)c1cc4c(cc1B3c1oc3cc5c(cc3c1N2c1ccc2c(c1)C(C)(C)CCC2(C)C)C(C)(C)CCC5(C)CCC1(C)CCC(C)(C)c2ccc(N3c5cc(C)cc6c5B(c5cc7c(cc5N6c5ccc(C(C)(C)C)c6oc8ccccc8c56)C(C)(C)CCC7(C)C)c5oc6cc7c(cc6c53)C(C)(C)CCC7(C)C)cc21)C(C)(C)CCC4(C)C. The normalized spacial score (nSPS) is 21.8. The molecule has 0 saturated carbocycles. The summed E-state index contributed by atoms with van der Waals surface area (Å²) in [6.45, 7) is 66.6. The molecule has 144 heavy (non-hydrogen) atoms. The molecule has 8 heterocycles. The molecule has 2 unspecified atom stereocenters. The summed E-state index contributed by atoms with van der Waals surface area (Å²) in [4.78, 5) is 10.8. The van der Waals surface area contributed by atoms with Crippen LogP contribution in [0.3, 0.4) is 0 Å². The topological polar surface area (TPSA) is 65.5 Å². The van der Waals surface area contributed by atoms with Gasteiger partial charge in [-0.15, -0.1) is 0 Å². The first-order valence-corrected chi connectivity index (χ1v) is 54.6. The zero-order valence-electron chi connectivity index (χ0n) is 90.5. The highest BCUT2D eigenvalue weighted by Crippen LogP contribution is 2.63. The van der Waals surface area contributed by atoms with Crippen molar-refractivity contribution in [2.75, 3.05) is 19.6 Å². The second-order valence-electron chi connectivity index (χ2n) is 55.0. The third kappa shape index (κ3) is 12.7. The van der Waals surface area contributed by atoms with E-state index < -0.39 is 0 Å². The van der Waals surface area contributed by atoms with E-state index >= 15 is 0 Å². The second kappa shape index (κ2) is 29.1. The van der Waals surface area contributed by atoms with Gasteiger partial charge in [-0.3, -0.25) is 0 Å². The minimum Gasteiger partial charge on any atom is -0.468 e. The molecule has 728 valence electrons. The molecule has 27 rings (SSSR count). The third-order valence-electron chi connectivity index (χ3n) is 39.8. The summed E-state index contributed by atoms with van der Waals surface area (Å²) < 4.78 is 31.2. The Morgan fingerprint density at radius 3 is 1.12 bits per heavy atom. The lowest BCUT2D eigenvalue weighted by molar-refractivity contribution is 0.238. The van der Waals surface area contributed by atoms with Gasteiger partial charge in [0.05, 0.1) is 39.5 Å². The molecule has 0 saturated heterocycles. The molecule has 0 radical (unpaired) electrons. The zero-order chi connectivity index (χ0) is 100. The summed E-state index contributed by atoms with van der Waals surface area (Å²) in [6.07, 6.45) is 15.2. The molecule has 0 spiro atoms. The molecule has 0 amide bonds. The first-order chi connectivity index (χ1) is 67.9. The van der Waals surface area contributed by atoms with Crippen molar-refractivity contribution in [3.05, 3.63) is 284 Å². The number of fused-ring (bicyclic) bond motifs is 25. The van der Waals surface area contributed by atoms with Crippen molar-refractivity contribution < 1.29 is 17.7 Å². The van der Waals surface area contributed by atoms with Gasteiger partial charge < -0.3 is 37.3 Å². The van der Waals surface area contributed by atoms with E-state index in [4.69, 9.17) is 17.7 Å². The van der Waals surface area contributed by atoms with E-state index in [2.05, 4.69) is 407 Å². The van der Waals surface area contributed by atoms with E-state index in [-0.39, 0.29) is 83.8 Å². The van der Waals surface area contributed by atoms with Crippen LogP contribution in [-0.2, 0) is 70.4 Å². The highest BCUT2D eigenvalue weighted by Gasteiger charge is 2.56. The molecule has 4 aliphatic heterocycles. The molecular weight excluding hydrogens is 1750 g/mol. The van der Waals surface area contributed by atoms with Crippen molar-refractivity contribution in [3.63, 3.8) is 0 Å². The lowest BCUT2D eigenvalue weighted by atomic mass is 9.35. The van der Waals surface area contributed by atoms with Gasteiger partial charge in [0.1, 0.15) is 27.9 Å². The molecule has 6 aliphatic carbocycles. The number of benzene rings is 13. The summed E-state index contributed by atoms with van der Waals surface area (Å²) >= 11 is 0. The van der Waals surface area contributed by atoms with Crippen LogP contribution in [0.5, 0.6) is 0 Å². The van der Waals surface area contributed by atoms with E-state index in [0.717, 1.165) is 168 Å². The predicted octanol–water partition coefficient (Wildman–Crippen LogP) is 33.7. The van der Waals surface area contributed by atoms with Crippen LogP contribution in [0.1, 0.15) is 346 Å². The fourth-order valence-corrected chi connectivity index (χ4v) is 30.1. The highest BCUT2D eigenvalue weighted by molar-refractivity contribution is 7.01. The molecule has 2 atom stereocenters. The van der Waals surface area contributed by atoms with Gasteiger partial charge in [0, 0.05) is 78.0 Å². The Hall–Kier alpha value is -11.9. The van der Waals surface area contributed by atoms with Crippen LogP contribution < -0.4 is 52.8 Å². The lowest BCUT2D eigenvalue weighted by Gasteiger charge is -2.48. The Labute approximate surface area is 853 Å². The Kier molecular flexibility index (Phi) is 18.4. The maximum atomic E-state index is 8.35. The number of aryl methyl sites for hydroxylation is 2. The van der Waals surface area contributed by atoms with E-state index in [1.807, 2.05) is 0 Å². The van der Waals surface area contributed by atoms with Crippen LogP contribution in [0.2, 0.25) is 0 Å². The Morgan fingerprint density at radius 2 is 0.632 bits per heavy atom. The fourth-order valence-electron chi connectivity index (χ4n) is 30.1. The van der Waals surface area contributed by atoms with Crippen LogP contribution in [0.15, 0.2) is 218 Å².